The van der Waals surface area contributed by atoms with Gasteiger partial charge in [-0.15, -0.1) is 10.2 Å². The highest BCUT2D eigenvalue weighted by Crippen LogP contribution is 1.96. The predicted molar refractivity (Wildman–Crippen MR) is 82.7 cm³/mol. The Bertz CT molecular complexity index is 748. The third kappa shape index (κ3) is 3.55. The van der Waals surface area contributed by atoms with Crippen molar-refractivity contribution < 1.29 is 0 Å². The molecule has 2 heterocycles. The van der Waals surface area contributed by atoms with Gasteiger partial charge in [-0.3, -0.25) is 14.3 Å². The smallest absolute Gasteiger partial charge is 0.308 e. The molecule has 0 atom stereocenters. The van der Waals surface area contributed by atoms with Crippen molar-refractivity contribution in [1.82, 2.24) is 34.9 Å². The van der Waals surface area contributed by atoms with Crippen LogP contribution >= 0.6 is 0 Å². The number of hydrogen-bond acceptors (Lipinski definition) is 7. The average molecular weight is 307 g/mol. The van der Waals surface area contributed by atoms with Crippen LogP contribution in [0.5, 0.6) is 0 Å². The first-order chi connectivity index (χ1) is 10.6. The number of nitrogens with zero attached hydrogens (tertiary/aromatic N) is 5. The maximum Gasteiger partial charge on any atom is 0.329 e. The maximum absolute atomic E-state index is 12.0. The Morgan fingerprint density at radius 2 is 1.95 bits per heavy atom. The van der Waals surface area contributed by atoms with Gasteiger partial charge in [0.15, 0.2) is 17.0 Å². The lowest BCUT2D eigenvalue weighted by molar-refractivity contribution is 0.301. The highest BCUT2D eigenvalue weighted by atomic mass is 16.2. The second kappa shape index (κ2) is 7.23. The molecule has 2 aromatic heterocycles. The van der Waals surface area contributed by atoms with Gasteiger partial charge in [0.25, 0.3) is 5.56 Å². The van der Waals surface area contributed by atoms with Crippen molar-refractivity contribution in [3.05, 3.63) is 26.7 Å². The van der Waals surface area contributed by atoms with Crippen LogP contribution < -0.4 is 16.6 Å². The molecule has 0 aromatic carbocycles. The van der Waals surface area contributed by atoms with E-state index in [2.05, 4.69) is 44.2 Å². The van der Waals surface area contributed by atoms with Gasteiger partial charge in [0.1, 0.15) is 0 Å². The van der Waals surface area contributed by atoms with Crippen molar-refractivity contribution in [3.63, 3.8) is 0 Å². The molecule has 0 spiro atoms. The van der Waals surface area contributed by atoms with Crippen LogP contribution in [0.4, 0.5) is 0 Å². The lowest BCUT2D eigenvalue weighted by Crippen LogP contribution is -2.34. The van der Waals surface area contributed by atoms with Gasteiger partial charge in [0, 0.05) is 20.1 Å². The number of hydrogen-bond donors (Lipinski definition) is 2. The van der Waals surface area contributed by atoms with Crippen LogP contribution in [0.2, 0.25) is 0 Å². The largest absolute Gasteiger partial charge is 0.329 e. The molecule has 0 saturated carbocycles. The summed E-state index contributed by atoms with van der Waals surface area (Å²) in [5.41, 5.74) is -0.769. The van der Waals surface area contributed by atoms with Crippen LogP contribution in [0.15, 0.2) is 9.59 Å². The molecule has 9 nitrogen and oxygen atoms in total. The molecule has 0 aliphatic heterocycles. The van der Waals surface area contributed by atoms with Gasteiger partial charge < -0.3 is 10.2 Å². The van der Waals surface area contributed by atoms with Gasteiger partial charge in [0.2, 0.25) is 0 Å². The fourth-order valence-electron chi connectivity index (χ4n) is 2.08. The molecular weight excluding hydrogens is 286 g/mol. The number of aromatic nitrogens is 5. The third-order valence-corrected chi connectivity index (χ3v) is 3.55. The molecule has 120 valence electrons. The first kappa shape index (κ1) is 16.2. The Kier molecular flexibility index (Phi) is 5.34. The second-order valence-corrected chi connectivity index (χ2v) is 4.92. The minimum Gasteiger partial charge on any atom is -0.308 e. The van der Waals surface area contributed by atoms with Crippen LogP contribution in [0, 0.1) is 0 Å². The van der Waals surface area contributed by atoms with Gasteiger partial charge in [-0.25, -0.2) is 9.78 Å². The van der Waals surface area contributed by atoms with Gasteiger partial charge in [-0.2, -0.15) is 0 Å². The molecule has 0 amide bonds. The molecule has 2 rings (SSSR count). The minimum absolute atomic E-state index is 0.111. The lowest BCUT2D eigenvalue weighted by atomic mass is 10.4. The normalized spacial score (nSPS) is 11.5. The summed E-state index contributed by atoms with van der Waals surface area (Å²) in [4.78, 5) is 32.4. The molecule has 22 heavy (non-hydrogen) atoms. The number of nitrogens with one attached hydrogen (secondary N) is 2. The molecule has 9 heteroatoms. The van der Waals surface area contributed by atoms with Crippen molar-refractivity contribution in [3.8, 4) is 0 Å². The van der Waals surface area contributed by atoms with Crippen LogP contribution in [-0.4, -0.2) is 55.8 Å². The second-order valence-electron chi connectivity index (χ2n) is 4.92. The lowest BCUT2D eigenvalue weighted by Gasteiger charge is -2.17. The molecule has 0 fully saturated rings. The Hall–Kier alpha value is -2.13. The predicted octanol–water partition coefficient (Wildman–Crippen LogP) is -1.16. The molecule has 0 unspecified atom stereocenters. The fraction of sp³-hybridized carbons (Fsp3) is 0.615. The van der Waals surface area contributed by atoms with Gasteiger partial charge in [-0.05, 0) is 13.1 Å². The molecule has 0 radical (unpaired) electrons. The van der Waals surface area contributed by atoms with Crippen molar-refractivity contribution in [2.45, 2.75) is 20.4 Å². The van der Waals surface area contributed by atoms with Crippen LogP contribution in [0.3, 0.4) is 0 Å². The summed E-state index contributed by atoms with van der Waals surface area (Å²) in [6, 6.07) is 0. The number of H-pyrrole nitrogens is 1. The monoisotopic (exact) mass is 307 g/mol. The fourth-order valence-corrected chi connectivity index (χ4v) is 2.08. The van der Waals surface area contributed by atoms with Crippen LogP contribution in [-0.2, 0) is 13.6 Å². The first-order valence-electron chi connectivity index (χ1n) is 7.32. The van der Waals surface area contributed by atoms with E-state index in [-0.39, 0.29) is 11.2 Å². The number of aromatic amines is 1. The Labute approximate surface area is 127 Å². The van der Waals surface area contributed by atoms with E-state index in [9.17, 15) is 9.59 Å². The van der Waals surface area contributed by atoms with E-state index < -0.39 is 11.2 Å². The zero-order valence-electron chi connectivity index (χ0n) is 13.1. The number of likely N-dealkylation sites (N-methyl/N-ethyl adjacent to an activating group) is 1. The van der Waals surface area contributed by atoms with Gasteiger partial charge >= 0.3 is 5.69 Å². The summed E-state index contributed by atoms with van der Waals surface area (Å²) in [5.74, 6) is 0.427. The summed E-state index contributed by atoms with van der Waals surface area (Å²) >= 11 is 0. The molecule has 0 aliphatic rings. The number of fused-ring (bicyclic) bond motifs is 1. The Morgan fingerprint density at radius 3 is 2.64 bits per heavy atom. The van der Waals surface area contributed by atoms with E-state index in [1.54, 1.807) is 0 Å². The van der Waals surface area contributed by atoms with Crippen LogP contribution in [0.1, 0.15) is 19.7 Å². The molecule has 2 N–H and O–H groups in total. The number of rotatable bonds is 7. The third-order valence-electron chi connectivity index (χ3n) is 3.55. The zero-order valence-corrected chi connectivity index (χ0v) is 13.1. The summed E-state index contributed by atoms with van der Waals surface area (Å²) < 4.78 is 0.967. The van der Waals surface area contributed by atoms with Crippen molar-refractivity contribution in [2.75, 3.05) is 26.2 Å². The molecule has 0 saturated heterocycles. The highest BCUT2D eigenvalue weighted by Gasteiger charge is 2.09. The van der Waals surface area contributed by atoms with E-state index in [1.165, 1.54) is 7.05 Å². The summed E-state index contributed by atoms with van der Waals surface area (Å²) in [7, 11) is 1.39. The first-order valence-corrected chi connectivity index (χ1v) is 7.32. The van der Waals surface area contributed by atoms with E-state index in [1.807, 2.05) is 0 Å². The summed E-state index contributed by atoms with van der Waals surface area (Å²) in [5, 5.41) is 11.0. The average Bonchev–Trinajstić information content (AvgIpc) is 2.53. The zero-order chi connectivity index (χ0) is 16.1. The summed E-state index contributed by atoms with van der Waals surface area (Å²) in [6.07, 6.45) is 0. The van der Waals surface area contributed by atoms with E-state index >= 15 is 0 Å². The van der Waals surface area contributed by atoms with E-state index in [0.29, 0.717) is 12.4 Å². The SMILES string of the molecule is CCN(CC)CCNCc1nnc2[nH]c(=O)n(C)c(=O)c2n1. The van der Waals surface area contributed by atoms with Crippen molar-refractivity contribution in [2.24, 2.45) is 7.05 Å². The van der Waals surface area contributed by atoms with Crippen molar-refractivity contribution >= 4 is 11.2 Å². The Balaban J connectivity index is 2.07. The quantitative estimate of drug-likeness (QED) is 0.621. The standard InChI is InChI=1S/C13H21N7O2/c1-4-20(5-2)7-6-14-8-9-15-10-11(18-17-9)16-13(22)19(3)12(10)21/h14H,4-8H2,1-3H3,(H,16,18,22). The topological polar surface area (TPSA) is 109 Å². The maximum atomic E-state index is 12.0. The molecule has 2 aromatic rings. The molecular formula is C13H21N7O2. The van der Waals surface area contributed by atoms with Crippen LogP contribution in [0.25, 0.3) is 11.2 Å². The van der Waals surface area contributed by atoms with E-state index in [4.69, 9.17) is 0 Å². The minimum atomic E-state index is -0.529. The van der Waals surface area contributed by atoms with Gasteiger partial charge in [0.05, 0.1) is 6.54 Å². The highest BCUT2D eigenvalue weighted by molar-refractivity contribution is 5.66. The summed E-state index contributed by atoms with van der Waals surface area (Å²) in [6.45, 7) is 8.42. The van der Waals surface area contributed by atoms with E-state index in [0.717, 1.165) is 30.7 Å². The molecule has 0 bridgehead atoms. The Morgan fingerprint density at radius 1 is 1.23 bits per heavy atom. The van der Waals surface area contributed by atoms with Gasteiger partial charge in [-0.1, -0.05) is 13.8 Å². The van der Waals surface area contributed by atoms with Crippen molar-refractivity contribution in [1.29, 1.82) is 0 Å². The molecule has 0 aliphatic carbocycles.